The van der Waals surface area contributed by atoms with Crippen LogP contribution in [0.3, 0.4) is 0 Å². The molecule has 1 aromatic heterocycles. The number of nitrogens with one attached hydrogen (secondary N) is 1. The van der Waals surface area contributed by atoms with Crippen molar-refractivity contribution in [1.29, 1.82) is 0 Å². The molecule has 1 aliphatic heterocycles. The van der Waals surface area contributed by atoms with Crippen LogP contribution in [0.4, 0.5) is 10.2 Å². The molecule has 1 saturated heterocycles. The second-order valence-corrected chi connectivity index (χ2v) is 10.1. The summed E-state index contributed by atoms with van der Waals surface area (Å²) in [6.07, 6.45) is 0. The predicted octanol–water partition coefficient (Wildman–Crippen LogP) is 2.53. The van der Waals surface area contributed by atoms with Crippen molar-refractivity contribution in [3.8, 4) is 0 Å². The Kier molecular flexibility index (Phi) is 7.50. The van der Waals surface area contributed by atoms with Crippen molar-refractivity contribution in [3.63, 3.8) is 0 Å². The fraction of sp³-hybridized carbons (Fsp3) is 0.375. The number of aromatic nitrogens is 2. The van der Waals surface area contributed by atoms with Gasteiger partial charge in [0.2, 0.25) is 5.91 Å². The average molecular weight is 485 g/mol. The van der Waals surface area contributed by atoms with Crippen LogP contribution in [0.25, 0.3) is 10.9 Å². The Bertz CT molecular complexity index is 1200. The Morgan fingerprint density at radius 1 is 1.09 bits per heavy atom. The minimum absolute atomic E-state index is 0.00178. The highest BCUT2D eigenvalue weighted by Gasteiger charge is 2.25. The van der Waals surface area contributed by atoms with Gasteiger partial charge < -0.3 is 11.1 Å². The van der Waals surface area contributed by atoms with E-state index in [0.29, 0.717) is 44.4 Å². The molecule has 0 spiro atoms. The summed E-state index contributed by atoms with van der Waals surface area (Å²) in [6.45, 7) is 6.73. The normalized spacial score (nSPS) is 17.1. The van der Waals surface area contributed by atoms with Crippen molar-refractivity contribution in [1.82, 2.24) is 19.2 Å². The summed E-state index contributed by atoms with van der Waals surface area (Å²) < 4.78 is 28.6. The smallest absolute Gasteiger partial charge is 0.240 e. The second kappa shape index (κ2) is 10.5. The Balaban J connectivity index is 1.48. The largest absolute Gasteiger partial charge is 0.368 e. The molecule has 0 saturated carbocycles. The Labute approximate surface area is 200 Å². The molecule has 0 aliphatic carbocycles. The number of hydrogen-bond acceptors (Lipinski definition) is 6. The number of amides is 1. The number of fused-ring (bicyclic) bond motifs is 1. The van der Waals surface area contributed by atoms with Crippen LogP contribution < -0.4 is 11.1 Å². The highest BCUT2D eigenvalue weighted by molar-refractivity contribution is 7.82. The molecule has 1 amide bonds. The number of hydrogen-bond donors (Lipinski definition) is 2. The Hall–Kier alpha value is -2.95. The van der Waals surface area contributed by atoms with Gasteiger partial charge in [-0.05, 0) is 30.2 Å². The van der Waals surface area contributed by atoms with Crippen molar-refractivity contribution in [2.45, 2.75) is 31.3 Å². The van der Waals surface area contributed by atoms with Gasteiger partial charge in [0.25, 0.3) is 0 Å². The third-order valence-electron chi connectivity index (χ3n) is 5.87. The topological polar surface area (TPSA) is 104 Å². The van der Waals surface area contributed by atoms with E-state index in [1.807, 2.05) is 38.1 Å². The van der Waals surface area contributed by atoms with Gasteiger partial charge in [-0.15, -0.1) is 0 Å². The van der Waals surface area contributed by atoms with Crippen molar-refractivity contribution in [3.05, 3.63) is 60.2 Å². The lowest BCUT2D eigenvalue weighted by molar-refractivity contribution is -0.119. The Morgan fingerprint density at radius 2 is 1.76 bits per heavy atom. The molecule has 10 heteroatoms. The summed E-state index contributed by atoms with van der Waals surface area (Å²) in [6, 6.07) is 13.3. The van der Waals surface area contributed by atoms with Gasteiger partial charge in [-0.1, -0.05) is 38.1 Å². The number of carbonyl (C=O) groups is 1. The zero-order valence-electron chi connectivity index (χ0n) is 19.3. The van der Waals surface area contributed by atoms with Gasteiger partial charge in [0.1, 0.15) is 34.5 Å². The molecule has 8 nitrogen and oxygen atoms in total. The molecular weight excluding hydrogens is 455 g/mol. The first-order valence-electron chi connectivity index (χ1n) is 11.3. The van der Waals surface area contributed by atoms with E-state index in [4.69, 9.17) is 15.7 Å². The zero-order chi connectivity index (χ0) is 24.2. The van der Waals surface area contributed by atoms with Gasteiger partial charge in [0.15, 0.2) is 0 Å². The van der Waals surface area contributed by atoms with Gasteiger partial charge in [-0.2, -0.15) is 0 Å². The highest BCUT2D eigenvalue weighted by Crippen LogP contribution is 2.23. The molecule has 2 atom stereocenters. The summed E-state index contributed by atoms with van der Waals surface area (Å²) in [7, 11) is -1.53. The fourth-order valence-corrected chi connectivity index (χ4v) is 5.20. The van der Waals surface area contributed by atoms with Gasteiger partial charge in [-0.3, -0.25) is 9.69 Å². The van der Waals surface area contributed by atoms with E-state index < -0.39 is 28.8 Å². The van der Waals surface area contributed by atoms with Gasteiger partial charge in [0, 0.05) is 31.6 Å². The van der Waals surface area contributed by atoms with E-state index in [1.165, 1.54) is 6.07 Å². The molecule has 4 rings (SSSR count). The van der Waals surface area contributed by atoms with Crippen LogP contribution in [0.15, 0.2) is 53.4 Å². The van der Waals surface area contributed by atoms with Crippen LogP contribution in [0, 0.1) is 11.7 Å². The van der Waals surface area contributed by atoms with Gasteiger partial charge >= 0.3 is 0 Å². The molecular formula is C24H29FN6O2S. The number of halogens is 1. The van der Waals surface area contributed by atoms with Crippen LogP contribution in [0.2, 0.25) is 0 Å². The summed E-state index contributed by atoms with van der Waals surface area (Å²) in [5.74, 6) is 0.314. The lowest BCUT2D eigenvalue weighted by atomic mass is 10.0. The summed E-state index contributed by atoms with van der Waals surface area (Å²) in [5, 5.41) is 4.04. The minimum Gasteiger partial charge on any atom is -0.368 e. The number of piperazine rings is 1. The number of nitrogens with two attached hydrogens (primary N) is 1. The minimum atomic E-state index is -1.53. The quantitative estimate of drug-likeness (QED) is 0.509. The van der Waals surface area contributed by atoms with Crippen LogP contribution in [0.5, 0.6) is 0 Å². The lowest BCUT2D eigenvalue weighted by Crippen LogP contribution is -2.46. The first-order chi connectivity index (χ1) is 16.3. The number of nitrogens with zero attached hydrogens (tertiary/aromatic N) is 4. The van der Waals surface area contributed by atoms with Crippen LogP contribution in [-0.2, 0) is 22.3 Å². The van der Waals surface area contributed by atoms with Crippen LogP contribution in [0.1, 0.15) is 19.7 Å². The maximum atomic E-state index is 14.0. The maximum Gasteiger partial charge on any atom is 0.240 e. The number of anilines is 1. The summed E-state index contributed by atoms with van der Waals surface area (Å²) in [5.41, 5.74) is 6.38. The third kappa shape index (κ3) is 5.40. The van der Waals surface area contributed by atoms with E-state index in [2.05, 4.69) is 10.2 Å². The van der Waals surface area contributed by atoms with E-state index in [0.717, 1.165) is 10.9 Å². The molecule has 1 fully saturated rings. The molecule has 2 heterocycles. The third-order valence-corrected chi connectivity index (χ3v) is 7.41. The van der Waals surface area contributed by atoms with Crippen molar-refractivity contribution in [2.24, 2.45) is 11.7 Å². The number of carbonyl (C=O) groups excluding carboxylic acids is 1. The standard InChI is InChI=1S/C24H29FN6O2S/c1-16(2)22(23(26)32)29-24-17-7-3-5-9-19(17)27-21(28-24)15-30-11-13-31(14-12-30)34(33)20-10-6-4-8-18(20)25/h3-10,16,22H,11-15H2,1-2H3,(H2,26,32)(H,27,28,29). The number of primary amides is 1. The maximum absolute atomic E-state index is 14.0. The van der Waals surface area contributed by atoms with Crippen molar-refractivity contribution in [2.75, 3.05) is 31.5 Å². The monoisotopic (exact) mass is 484 g/mol. The molecule has 2 aromatic carbocycles. The molecule has 180 valence electrons. The molecule has 1 aliphatic rings. The van der Waals surface area contributed by atoms with E-state index in [9.17, 15) is 13.4 Å². The second-order valence-electron chi connectivity index (χ2n) is 8.66. The predicted molar refractivity (Wildman–Crippen MR) is 131 cm³/mol. The first kappa shape index (κ1) is 24.2. The zero-order valence-corrected chi connectivity index (χ0v) is 20.1. The highest BCUT2D eigenvalue weighted by atomic mass is 32.2. The number of rotatable bonds is 8. The average Bonchev–Trinajstić information content (AvgIpc) is 2.82. The van der Waals surface area contributed by atoms with Gasteiger partial charge in [0.05, 0.1) is 17.0 Å². The Morgan fingerprint density at radius 3 is 2.44 bits per heavy atom. The summed E-state index contributed by atoms with van der Waals surface area (Å²) in [4.78, 5) is 23.8. The lowest BCUT2D eigenvalue weighted by Gasteiger charge is -2.33. The molecule has 3 N–H and O–H groups in total. The van der Waals surface area contributed by atoms with Crippen molar-refractivity contribution < 1.29 is 13.4 Å². The van der Waals surface area contributed by atoms with E-state index in [1.54, 1.807) is 22.5 Å². The molecule has 2 unspecified atom stereocenters. The first-order valence-corrected chi connectivity index (χ1v) is 12.4. The number of benzene rings is 2. The van der Waals surface area contributed by atoms with E-state index in [-0.39, 0.29) is 10.8 Å². The number of para-hydroxylation sites is 1. The fourth-order valence-electron chi connectivity index (χ4n) is 4.00. The molecule has 0 radical (unpaired) electrons. The van der Waals surface area contributed by atoms with Crippen LogP contribution in [-0.4, -0.2) is 61.5 Å². The van der Waals surface area contributed by atoms with Crippen molar-refractivity contribution >= 4 is 33.6 Å². The molecule has 0 bridgehead atoms. The van der Waals surface area contributed by atoms with Gasteiger partial charge in [-0.25, -0.2) is 22.9 Å². The molecule has 3 aromatic rings. The van der Waals surface area contributed by atoms with E-state index >= 15 is 0 Å². The van der Waals surface area contributed by atoms with Crippen LogP contribution >= 0.6 is 0 Å². The summed E-state index contributed by atoms with van der Waals surface area (Å²) >= 11 is 0. The molecule has 34 heavy (non-hydrogen) atoms. The SMILES string of the molecule is CC(C)C(Nc1nc(CN2CCN(S(=O)c3ccccc3F)CC2)nc2ccccc12)C(N)=O.